The molecule has 0 fully saturated rings. The molecule has 1 amide bonds. The highest BCUT2D eigenvalue weighted by Crippen LogP contribution is 2.26. The first-order chi connectivity index (χ1) is 9.13. The van der Waals surface area contributed by atoms with Crippen molar-refractivity contribution in [1.29, 1.82) is 0 Å². The van der Waals surface area contributed by atoms with Crippen molar-refractivity contribution < 1.29 is 4.79 Å². The second kappa shape index (κ2) is 5.56. The normalized spacial score (nSPS) is 10.4. The Morgan fingerprint density at radius 1 is 1.42 bits per heavy atom. The Hall–Kier alpha value is -2.30. The lowest BCUT2D eigenvalue weighted by Gasteiger charge is -2.16. The number of benzene rings is 1. The molecule has 0 bridgehead atoms. The second-order valence-electron chi connectivity index (χ2n) is 4.36. The lowest BCUT2D eigenvalue weighted by Crippen LogP contribution is -2.31. The van der Waals surface area contributed by atoms with Gasteiger partial charge in [-0.15, -0.1) is 0 Å². The van der Waals surface area contributed by atoms with Crippen LogP contribution in [0.3, 0.4) is 0 Å². The first-order valence-electron chi connectivity index (χ1n) is 6.24. The highest BCUT2D eigenvalue weighted by molar-refractivity contribution is 5.99. The van der Waals surface area contributed by atoms with E-state index in [-0.39, 0.29) is 12.5 Å². The highest BCUT2D eigenvalue weighted by atomic mass is 16.2. The minimum atomic E-state index is 0.0522. The van der Waals surface area contributed by atoms with Crippen LogP contribution in [-0.2, 0) is 4.79 Å². The van der Waals surface area contributed by atoms with E-state index in [9.17, 15) is 4.79 Å². The van der Waals surface area contributed by atoms with E-state index in [1.807, 2.05) is 25.1 Å². The molecule has 2 aromatic rings. The van der Waals surface area contributed by atoms with Crippen molar-refractivity contribution >= 4 is 28.2 Å². The third-order valence-corrected chi connectivity index (χ3v) is 3.13. The van der Waals surface area contributed by atoms with Gasteiger partial charge in [-0.3, -0.25) is 9.78 Å². The molecule has 0 atom stereocenters. The van der Waals surface area contributed by atoms with E-state index in [0.29, 0.717) is 12.2 Å². The molecule has 3 N–H and O–H groups in total. The van der Waals surface area contributed by atoms with Crippen LogP contribution in [0, 0.1) is 0 Å². The van der Waals surface area contributed by atoms with Crippen LogP contribution in [0.25, 0.3) is 10.9 Å². The predicted molar refractivity (Wildman–Crippen MR) is 78.0 cm³/mol. The fraction of sp³-hybridized carbons (Fsp3) is 0.286. The van der Waals surface area contributed by atoms with E-state index in [1.165, 1.54) is 0 Å². The number of nitrogens with zero attached hydrogens (tertiary/aromatic N) is 2. The molecule has 0 aliphatic rings. The first-order valence-corrected chi connectivity index (χ1v) is 6.24. The molecule has 100 valence electrons. The quantitative estimate of drug-likeness (QED) is 0.819. The van der Waals surface area contributed by atoms with Gasteiger partial charge in [0, 0.05) is 30.9 Å². The van der Waals surface area contributed by atoms with E-state index in [1.54, 1.807) is 24.2 Å². The molecular weight excluding hydrogens is 240 g/mol. The zero-order chi connectivity index (χ0) is 13.8. The van der Waals surface area contributed by atoms with Crippen LogP contribution in [0.5, 0.6) is 0 Å². The molecule has 1 aromatic heterocycles. The number of aromatic nitrogens is 1. The number of nitrogens with two attached hydrogens (primary N) is 1. The lowest BCUT2D eigenvalue weighted by atomic mass is 10.1. The van der Waals surface area contributed by atoms with E-state index in [4.69, 9.17) is 5.73 Å². The lowest BCUT2D eigenvalue weighted by molar-refractivity contribution is -0.127. The SMILES string of the molecule is CCN(C)C(=O)CNc1ccc(N)c2ncccc12. The van der Waals surface area contributed by atoms with Crippen molar-refractivity contribution in [3.8, 4) is 0 Å². The van der Waals surface area contributed by atoms with Gasteiger partial charge in [0.1, 0.15) is 0 Å². The summed E-state index contributed by atoms with van der Waals surface area (Å²) in [7, 11) is 1.78. The Kier molecular flexibility index (Phi) is 3.85. The van der Waals surface area contributed by atoms with Crippen LogP contribution in [0.2, 0.25) is 0 Å². The minimum Gasteiger partial charge on any atom is -0.397 e. The number of hydrogen-bond acceptors (Lipinski definition) is 4. The monoisotopic (exact) mass is 258 g/mol. The van der Waals surface area contributed by atoms with Crippen molar-refractivity contribution in [2.75, 3.05) is 31.2 Å². The van der Waals surface area contributed by atoms with Crippen molar-refractivity contribution in [1.82, 2.24) is 9.88 Å². The number of nitrogen functional groups attached to an aromatic ring is 1. The number of carbonyl (C=O) groups is 1. The molecule has 1 aromatic carbocycles. The van der Waals surface area contributed by atoms with Crippen molar-refractivity contribution in [3.05, 3.63) is 30.5 Å². The molecule has 0 aliphatic carbocycles. The van der Waals surface area contributed by atoms with Crippen LogP contribution in [-0.4, -0.2) is 35.9 Å². The van der Waals surface area contributed by atoms with Crippen LogP contribution in [0.15, 0.2) is 30.5 Å². The van der Waals surface area contributed by atoms with Gasteiger partial charge in [0.25, 0.3) is 0 Å². The Morgan fingerprint density at radius 2 is 2.21 bits per heavy atom. The highest BCUT2D eigenvalue weighted by Gasteiger charge is 2.08. The zero-order valence-electron chi connectivity index (χ0n) is 11.2. The molecule has 0 radical (unpaired) electrons. The second-order valence-corrected chi connectivity index (χ2v) is 4.36. The number of hydrogen-bond donors (Lipinski definition) is 2. The third kappa shape index (κ3) is 2.76. The third-order valence-electron chi connectivity index (χ3n) is 3.13. The van der Waals surface area contributed by atoms with Crippen LogP contribution in [0.4, 0.5) is 11.4 Å². The number of nitrogens with one attached hydrogen (secondary N) is 1. The van der Waals surface area contributed by atoms with Gasteiger partial charge >= 0.3 is 0 Å². The number of likely N-dealkylation sites (N-methyl/N-ethyl adjacent to an activating group) is 1. The number of rotatable bonds is 4. The molecule has 5 nitrogen and oxygen atoms in total. The van der Waals surface area contributed by atoms with Crippen molar-refractivity contribution in [2.24, 2.45) is 0 Å². The molecule has 19 heavy (non-hydrogen) atoms. The molecule has 0 aliphatic heterocycles. The summed E-state index contributed by atoms with van der Waals surface area (Å²) in [4.78, 5) is 17.7. The summed E-state index contributed by atoms with van der Waals surface area (Å²) in [6.07, 6.45) is 1.71. The summed E-state index contributed by atoms with van der Waals surface area (Å²) in [5.74, 6) is 0.0522. The van der Waals surface area contributed by atoms with Gasteiger partial charge in [-0.25, -0.2) is 0 Å². The predicted octanol–water partition coefficient (Wildman–Crippen LogP) is 1.71. The van der Waals surface area contributed by atoms with E-state index < -0.39 is 0 Å². The van der Waals surface area contributed by atoms with E-state index in [2.05, 4.69) is 10.3 Å². The summed E-state index contributed by atoms with van der Waals surface area (Å²) >= 11 is 0. The first kappa shape index (κ1) is 13.1. The van der Waals surface area contributed by atoms with Crippen molar-refractivity contribution in [3.63, 3.8) is 0 Å². The molecule has 2 rings (SSSR count). The Bertz CT molecular complexity index is 597. The van der Waals surface area contributed by atoms with Crippen LogP contribution < -0.4 is 11.1 Å². The van der Waals surface area contributed by atoms with Gasteiger partial charge in [-0.05, 0) is 31.2 Å². The maximum Gasteiger partial charge on any atom is 0.241 e. The Balaban J connectivity index is 2.22. The summed E-state index contributed by atoms with van der Waals surface area (Å²) < 4.78 is 0. The van der Waals surface area contributed by atoms with E-state index >= 15 is 0 Å². The summed E-state index contributed by atoms with van der Waals surface area (Å²) in [6, 6.07) is 7.46. The van der Waals surface area contributed by atoms with Gasteiger partial charge < -0.3 is 16.0 Å². The maximum atomic E-state index is 11.8. The smallest absolute Gasteiger partial charge is 0.241 e. The molecule has 0 spiro atoms. The maximum absolute atomic E-state index is 11.8. The average Bonchev–Trinajstić information content (AvgIpc) is 2.45. The zero-order valence-corrected chi connectivity index (χ0v) is 11.2. The Morgan fingerprint density at radius 3 is 2.95 bits per heavy atom. The number of fused-ring (bicyclic) bond motifs is 1. The minimum absolute atomic E-state index is 0.0522. The number of amides is 1. The van der Waals surface area contributed by atoms with Gasteiger partial charge in [0.05, 0.1) is 17.7 Å². The average molecular weight is 258 g/mol. The summed E-state index contributed by atoms with van der Waals surface area (Å²) in [6.45, 7) is 2.91. The molecular formula is C14H18N4O. The summed E-state index contributed by atoms with van der Waals surface area (Å²) in [5, 5.41) is 4.07. The standard InChI is InChI=1S/C14H18N4O/c1-3-18(2)13(19)9-17-12-7-6-11(15)14-10(12)5-4-8-16-14/h4-8,17H,3,9,15H2,1-2H3. The van der Waals surface area contributed by atoms with Crippen molar-refractivity contribution in [2.45, 2.75) is 6.92 Å². The van der Waals surface area contributed by atoms with Gasteiger partial charge in [0.15, 0.2) is 0 Å². The summed E-state index contributed by atoms with van der Waals surface area (Å²) in [5.41, 5.74) is 8.15. The molecule has 5 heteroatoms. The fourth-order valence-electron chi connectivity index (χ4n) is 1.83. The Labute approximate surface area is 112 Å². The van der Waals surface area contributed by atoms with Crippen LogP contribution >= 0.6 is 0 Å². The molecule has 0 saturated heterocycles. The number of pyridine rings is 1. The van der Waals surface area contributed by atoms with Crippen LogP contribution in [0.1, 0.15) is 6.92 Å². The fourth-order valence-corrected chi connectivity index (χ4v) is 1.83. The number of anilines is 2. The molecule has 0 unspecified atom stereocenters. The van der Waals surface area contributed by atoms with Gasteiger partial charge in [0.2, 0.25) is 5.91 Å². The largest absolute Gasteiger partial charge is 0.397 e. The number of carbonyl (C=O) groups excluding carboxylic acids is 1. The molecule has 1 heterocycles. The van der Waals surface area contributed by atoms with E-state index in [0.717, 1.165) is 16.6 Å². The topological polar surface area (TPSA) is 71.2 Å². The van der Waals surface area contributed by atoms with Gasteiger partial charge in [-0.2, -0.15) is 0 Å². The molecule has 0 saturated carbocycles. The van der Waals surface area contributed by atoms with Gasteiger partial charge in [-0.1, -0.05) is 0 Å².